The van der Waals surface area contributed by atoms with Crippen molar-refractivity contribution in [2.24, 2.45) is 5.92 Å². The molecule has 162 valence electrons. The summed E-state index contributed by atoms with van der Waals surface area (Å²) in [4.78, 5) is 34.6. The molecule has 0 saturated carbocycles. The van der Waals surface area contributed by atoms with E-state index in [2.05, 4.69) is 0 Å². The number of halogens is 1. The second-order valence-electron chi connectivity index (χ2n) is 8.47. The van der Waals surface area contributed by atoms with E-state index in [0.717, 1.165) is 22.4 Å². The van der Waals surface area contributed by atoms with E-state index in [9.17, 15) is 14.0 Å². The SMILES string of the molecule is Cc1cc(C)c(N2C(=O)[C@@H]3[C@H](ON(c4ccccc4)[C@H]3c3ccc(F)cc3)C2=O)c(C)c1. The molecule has 3 aromatic carbocycles. The van der Waals surface area contributed by atoms with Gasteiger partial charge in [-0.2, -0.15) is 0 Å². The Bertz CT molecular complexity index is 1190. The van der Waals surface area contributed by atoms with Gasteiger partial charge in [0.1, 0.15) is 11.7 Å². The van der Waals surface area contributed by atoms with Crippen molar-refractivity contribution in [2.75, 3.05) is 9.96 Å². The molecular formula is C26H23FN2O3. The molecule has 2 saturated heterocycles. The molecule has 3 atom stereocenters. The fourth-order valence-electron chi connectivity index (χ4n) is 4.96. The van der Waals surface area contributed by atoms with Crippen molar-refractivity contribution in [3.05, 3.63) is 94.8 Å². The highest BCUT2D eigenvalue weighted by Crippen LogP contribution is 2.48. The standard InChI is InChI=1S/C26H23FN2O3/c1-15-13-16(2)22(17(3)14-15)28-25(30)21-23(18-9-11-19(27)12-10-18)29(32-24(21)26(28)31)20-7-5-4-6-8-20/h4-14,21,23-24H,1-3H3/t21-,23-,24-/m0/s1. The number of aryl methyl sites for hydroxylation is 3. The molecule has 2 aliphatic rings. The molecule has 0 aliphatic carbocycles. The third kappa shape index (κ3) is 3.10. The molecule has 2 amide bonds. The summed E-state index contributed by atoms with van der Waals surface area (Å²) in [5.74, 6) is -1.78. The summed E-state index contributed by atoms with van der Waals surface area (Å²) in [5.41, 5.74) is 4.85. The minimum atomic E-state index is -0.946. The van der Waals surface area contributed by atoms with Crippen molar-refractivity contribution >= 4 is 23.2 Å². The van der Waals surface area contributed by atoms with Crippen LogP contribution in [0.3, 0.4) is 0 Å². The molecule has 2 fully saturated rings. The lowest BCUT2D eigenvalue weighted by molar-refractivity contribution is -0.126. The number of amides is 2. The van der Waals surface area contributed by atoms with E-state index in [1.54, 1.807) is 17.2 Å². The van der Waals surface area contributed by atoms with Crippen LogP contribution >= 0.6 is 0 Å². The number of rotatable bonds is 3. The van der Waals surface area contributed by atoms with E-state index in [0.29, 0.717) is 11.3 Å². The quantitative estimate of drug-likeness (QED) is 0.560. The lowest BCUT2D eigenvalue weighted by Gasteiger charge is -2.29. The third-order valence-corrected chi connectivity index (χ3v) is 6.20. The Labute approximate surface area is 186 Å². The number of carbonyl (C=O) groups is 2. The fraction of sp³-hybridized carbons (Fsp3) is 0.231. The van der Waals surface area contributed by atoms with Crippen molar-refractivity contribution in [1.29, 1.82) is 0 Å². The number of hydrogen-bond acceptors (Lipinski definition) is 4. The molecule has 2 aliphatic heterocycles. The van der Waals surface area contributed by atoms with Gasteiger partial charge >= 0.3 is 0 Å². The maximum atomic E-state index is 13.7. The van der Waals surface area contributed by atoms with E-state index < -0.39 is 18.1 Å². The molecule has 0 spiro atoms. The Kier molecular flexibility index (Phi) is 4.82. The minimum absolute atomic E-state index is 0.303. The molecule has 5 rings (SSSR count). The molecule has 0 radical (unpaired) electrons. The van der Waals surface area contributed by atoms with Gasteiger partial charge in [-0.25, -0.2) is 14.4 Å². The third-order valence-electron chi connectivity index (χ3n) is 6.20. The zero-order valence-electron chi connectivity index (χ0n) is 18.1. The highest BCUT2D eigenvalue weighted by molar-refractivity contribution is 6.24. The first-order valence-electron chi connectivity index (χ1n) is 10.6. The highest BCUT2D eigenvalue weighted by Gasteiger charge is 2.60. The van der Waals surface area contributed by atoms with Crippen LogP contribution in [0.1, 0.15) is 28.3 Å². The minimum Gasteiger partial charge on any atom is -0.273 e. The zero-order valence-corrected chi connectivity index (χ0v) is 18.1. The zero-order chi connectivity index (χ0) is 22.6. The Morgan fingerprint density at radius 2 is 1.47 bits per heavy atom. The summed E-state index contributed by atoms with van der Waals surface area (Å²) in [7, 11) is 0. The summed E-state index contributed by atoms with van der Waals surface area (Å²) in [5, 5.41) is 1.62. The van der Waals surface area contributed by atoms with Gasteiger partial charge in [-0.1, -0.05) is 48.0 Å². The van der Waals surface area contributed by atoms with Crippen LogP contribution in [-0.4, -0.2) is 17.9 Å². The van der Waals surface area contributed by atoms with Gasteiger partial charge in [-0.05, 0) is 61.7 Å². The molecule has 2 heterocycles. The summed E-state index contributed by atoms with van der Waals surface area (Å²) in [6.07, 6.45) is -0.946. The van der Waals surface area contributed by atoms with Gasteiger partial charge < -0.3 is 0 Å². The second kappa shape index (κ2) is 7.57. The van der Waals surface area contributed by atoms with E-state index in [1.807, 2.05) is 63.2 Å². The number of hydrogen-bond donors (Lipinski definition) is 0. The largest absolute Gasteiger partial charge is 0.273 e. The fourth-order valence-corrected chi connectivity index (χ4v) is 4.96. The highest BCUT2D eigenvalue weighted by atomic mass is 19.1. The first kappa shape index (κ1) is 20.4. The molecular weight excluding hydrogens is 407 g/mol. The predicted octanol–water partition coefficient (Wildman–Crippen LogP) is 4.80. The number of carbonyl (C=O) groups excluding carboxylic acids is 2. The monoisotopic (exact) mass is 430 g/mol. The van der Waals surface area contributed by atoms with Crippen LogP contribution < -0.4 is 9.96 Å². The number of fused-ring (bicyclic) bond motifs is 1. The van der Waals surface area contributed by atoms with E-state index in [4.69, 9.17) is 4.84 Å². The molecule has 0 bridgehead atoms. The number of benzene rings is 3. The van der Waals surface area contributed by atoms with Crippen molar-refractivity contribution < 1.29 is 18.8 Å². The normalized spacial score (nSPS) is 22.6. The van der Waals surface area contributed by atoms with Crippen LogP contribution in [0.4, 0.5) is 15.8 Å². The Morgan fingerprint density at radius 1 is 0.844 bits per heavy atom. The van der Waals surface area contributed by atoms with Crippen molar-refractivity contribution in [3.8, 4) is 0 Å². The number of para-hydroxylation sites is 1. The number of anilines is 2. The molecule has 32 heavy (non-hydrogen) atoms. The summed E-state index contributed by atoms with van der Waals surface area (Å²) >= 11 is 0. The number of nitrogens with zero attached hydrogens (tertiary/aromatic N) is 2. The van der Waals surface area contributed by atoms with Crippen molar-refractivity contribution in [2.45, 2.75) is 32.9 Å². The van der Waals surface area contributed by atoms with Crippen LogP contribution in [0.25, 0.3) is 0 Å². The molecule has 6 heteroatoms. The van der Waals surface area contributed by atoms with Gasteiger partial charge in [-0.15, -0.1) is 0 Å². The van der Waals surface area contributed by atoms with Gasteiger partial charge in [0, 0.05) is 0 Å². The Morgan fingerprint density at radius 3 is 2.09 bits per heavy atom. The first-order chi connectivity index (χ1) is 15.4. The molecule has 0 N–H and O–H groups in total. The Hall–Kier alpha value is -3.51. The van der Waals surface area contributed by atoms with Gasteiger partial charge in [0.25, 0.3) is 5.91 Å². The number of imide groups is 1. The van der Waals surface area contributed by atoms with Crippen LogP contribution in [0.15, 0.2) is 66.7 Å². The summed E-state index contributed by atoms with van der Waals surface area (Å²) < 4.78 is 13.6. The smallest absolute Gasteiger partial charge is 0.266 e. The van der Waals surface area contributed by atoms with Crippen LogP contribution in [0.2, 0.25) is 0 Å². The summed E-state index contributed by atoms with van der Waals surface area (Å²) in [6.45, 7) is 5.79. The lowest BCUT2D eigenvalue weighted by atomic mass is 9.90. The van der Waals surface area contributed by atoms with Crippen molar-refractivity contribution in [3.63, 3.8) is 0 Å². The average molecular weight is 430 g/mol. The van der Waals surface area contributed by atoms with Gasteiger partial charge in [0.15, 0.2) is 6.10 Å². The van der Waals surface area contributed by atoms with Gasteiger partial charge in [0.2, 0.25) is 5.91 Å². The molecule has 0 aromatic heterocycles. The van der Waals surface area contributed by atoms with E-state index in [-0.39, 0.29) is 17.6 Å². The average Bonchev–Trinajstić information content (AvgIpc) is 3.26. The second-order valence-corrected chi connectivity index (χ2v) is 8.47. The van der Waals surface area contributed by atoms with Gasteiger partial charge in [-0.3, -0.25) is 14.4 Å². The van der Waals surface area contributed by atoms with E-state index in [1.165, 1.54) is 17.0 Å². The molecule has 3 aromatic rings. The Balaban J connectivity index is 1.61. The predicted molar refractivity (Wildman–Crippen MR) is 120 cm³/mol. The van der Waals surface area contributed by atoms with Crippen LogP contribution in [-0.2, 0) is 14.4 Å². The molecule has 5 nitrogen and oxygen atoms in total. The van der Waals surface area contributed by atoms with Crippen LogP contribution in [0, 0.1) is 32.5 Å². The van der Waals surface area contributed by atoms with E-state index >= 15 is 0 Å². The summed E-state index contributed by atoms with van der Waals surface area (Å²) in [6, 6.07) is 18.7. The number of hydroxylamine groups is 1. The topological polar surface area (TPSA) is 49.9 Å². The maximum absolute atomic E-state index is 13.7. The lowest BCUT2D eigenvalue weighted by Crippen LogP contribution is -2.38. The molecule has 0 unspecified atom stereocenters. The first-order valence-corrected chi connectivity index (χ1v) is 10.6. The van der Waals surface area contributed by atoms with Crippen molar-refractivity contribution in [1.82, 2.24) is 0 Å². The maximum Gasteiger partial charge on any atom is 0.266 e. The van der Waals surface area contributed by atoms with Crippen LogP contribution in [0.5, 0.6) is 0 Å². The van der Waals surface area contributed by atoms with Gasteiger partial charge in [0.05, 0.1) is 17.4 Å².